The molecule has 16 heavy (non-hydrogen) atoms. The Balaban J connectivity index is 2.68. The predicted octanol–water partition coefficient (Wildman–Crippen LogP) is -0.0349. The maximum atomic E-state index is 11.8. The first-order chi connectivity index (χ1) is 7.52. The van der Waals surface area contributed by atoms with Gasteiger partial charge in [-0.05, 0) is 12.8 Å². The predicted molar refractivity (Wildman–Crippen MR) is 56.7 cm³/mol. The summed E-state index contributed by atoms with van der Waals surface area (Å²) in [5.41, 5.74) is 4.97. The average molecular weight is 230 g/mol. The van der Waals surface area contributed by atoms with Gasteiger partial charge in [0.25, 0.3) is 5.91 Å². The molecule has 1 aliphatic rings. The van der Waals surface area contributed by atoms with E-state index < -0.39 is 12.2 Å². The van der Waals surface area contributed by atoms with E-state index in [1.165, 1.54) is 4.90 Å². The highest BCUT2D eigenvalue weighted by molar-refractivity contribution is 5.83. The summed E-state index contributed by atoms with van der Waals surface area (Å²) in [5.74, 6) is -0.234. The van der Waals surface area contributed by atoms with Gasteiger partial charge in [0, 0.05) is 33.2 Å². The van der Waals surface area contributed by atoms with E-state index in [0.29, 0.717) is 26.1 Å². The van der Waals surface area contributed by atoms with Crippen molar-refractivity contribution in [3.05, 3.63) is 0 Å². The molecule has 0 spiro atoms. The highest BCUT2D eigenvalue weighted by Gasteiger charge is 2.33. The smallest absolute Gasteiger partial charge is 0.405 e. The highest BCUT2D eigenvalue weighted by atomic mass is 16.6. The number of primary amides is 1. The molecule has 6 heteroatoms. The molecule has 0 aromatic carbocycles. The van der Waals surface area contributed by atoms with Crippen molar-refractivity contribution in [2.45, 2.75) is 18.9 Å². The monoisotopic (exact) mass is 230 g/mol. The van der Waals surface area contributed by atoms with E-state index in [9.17, 15) is 9.59 Å². The fourth-order valence-corrected chi connectivity index (χ4v) is 1.75. The van der Waals surface area contributed by atoms with Gasteiger partial charge in [-0.1, -0.05) is 0 Å². The fourth-order valence-electron chi connectivity index (χ4n) is 1.75. The van der Waals surface area contributed by atoms with E-state index in [0.717, 1.165) is 0 Å². The van der Waals surface area contributed by atoms with Crippen LogP contribution in [0.4, 0.5) is 4.79 Å². The first kappa shape index (κ1) is 12.8. The van der Waals surface area contributed by atoms with Crippen LogP contribution in [0.3, 0.4) is 0 Å². The largest absolute Gasteiger partial charge is 0.436 e. The zero-order valence-corrected chi connectivity index (χ0v) is 9.64. The number of carbonyl (C=O) groups excluding carboxylic acids is 2. The van der Waals surface area contributed by atoms with Gasteiger partial charge in [-0.3, -0.25) is 4.79 Å². The van der Waals surface area contributed by atoms with Crippen LogP contribution in [-0.4, -0.2) is 50.3 Å². The molecule has 1 aliphatic heterocycles. The molecule has 6 nitrogen and oxygen atoms in total. The first-order valence-corrected chi connectivity index (χ1v) is 5.27. The van der Waals surface area contributed by atoms with Crippen LogP contribution in [0.1, 0.15) is 12.8 Å². The molecule has 1 saturated heterocycles. The molecule has 2 N–H and O–H groups in total. The third kappa shape index (κ3) is 3.37. The highest BCUT2D eigenvalue weighted by Crippen LogP contribution is 2.22. The lowest BCUT2D eigenvalue weighted by atomic mass is 9.93. The minimum absolute atomic E-state index is 0.00356. The van der Waals surface area contributed by atoms with E-state index in [1.807, 2.05) is 0 Å². The summed E-state index contributed by atoms with van der Waals surface area (Å²) < 4.78 is 10.1. The number of nitrogens with zero attached hydrogens (tertiary/aromatic N) is 1. The third-order valence-corrected chi connectivity index (χ3v) is 2.62. The molecule has 0 aliphatic carbocycles. The molecule has 2 amide bonds. The number of hydrogen-bond donors (Lipinski definition) is 1. The Hall–Kier alpha value is -1.30. The van der Waals surface area contributed by atoms with Gasteiger partial charge in [0.1, 0.15) is 0 Å². The fraction of sp³-hybridized carbons (Fsp3) is 0.800. The lowest BCUT2D eigenvalue weighted by Gasteiger charge is -2.30. The quantitative estimate of drug-likeness (QED) is 0.737. The van der Waals surface area contributed by atoms with Crippen LogP contribution in [0.2, 0.25) is 0 Å². The van der Waals surface area contributed by atoms with Crippen LogP contribution in [0.25, 0.3) is 0 Å². The summed E-state index contributed by atoms with van der Waals surface area (Å²) in [5, 5.41) is 0. The third-order valence-electron chi connectivity index (χ3n) is 2.62. The Morgan fingerprint density at radius 3 is 2.38 bits per heavy atom. The number of ether oxygens (including phenoxy) is 2. The molecular weight excluding hydrogens is 212 g/mol. The first-order valence-electron chi connectivity index (χ1n) is 5.27. The molecule has 1 fully saturated rings. The van der Waals surface area contributed by atoms with Gasteiger partial charge in [-0.2, -0.15) is 0 Å². The Morgan fingerprint density at radius 1 is 1.38 bits per heavy atom. The molecule has 0 bridgehead atoms. The van der Waals surface area contributed by atoms with E-state index in [1.54, 1.807) is 14.1 Å². The molecule has 0 saturated carbocycles. The van der Waals surface area contributed by atoms with Gasteiger partial charge in [0.05, 0.1) is 0 Å². The van der Waals surface area contributed by atoms with Crippen molar-refractivity contribution >= 4 is 12.0 Å². The summed E-state index contributed by atoms with van der Waals surface area (Å²) in [6.07, 6.45) is -0.280. The van der Waals surface area contributed by atoms with Crippen molar-refractivity contribution in [2.24, 2.45) is 11.7 Å². The molecule has 92 valence electrons. The normalized spacial score (nSPS) is 18.9. The van der Waals surface area contributed by atoms with E-state index >= 15 is 0 Å². The second-order valence-corrected chi connectivity index (χ2v) is 4.04. The maximum absolute atomic E-state index is 11.8. The van der Waals surface area contributed by atoms with Crippen LogP contribution in [0.15, 0.2) is 0 Å². The Kier molecular flexibility index (Phi) is 4.54. The van der Waals surface area contributed by atoms with Gasteiger partial charge >= 0.3 is 6.09 Å². The zero-order valence-electron chi connectivity index (χ0n) is 9.64. The topological polar surface area (TPSA) is 81.9 Å². The van der Waals surface area contributed by atoms with Crippen molar-refractivity contribution in [2.75, 3.05) is 27.3 Å². The average Bonchev–Trinajstić information content (AvgIpc) is 2.26. The molecule has 0 unspecified atom stereocenters. The second-order valence-electron chi connectivity index (χ2n) is 4.04. The van der Waals surface area contributed by atoms with Crippen molar-refractivity contribution in [3.8, 4) is 0 Å². The summed E-state index contributed by atoms with van der Waals surface area (Å²) in [7, 11) is 3.25. The second kappa shape index (κ2) is 5.69. The summed E-state index contributed by atoms with van der Waals surface area (Å²) in [6.45, 7) is 1.17. The number of nitrogens with two attached hydrogens (primary N) is 1. The SMILES string of the molecule is CN(C)C(=O)[C@@H](OC(N)=O)C1CCOCC1. The standard InChI is InChI=1S/C10H18N2O4/c1-12(2)9(13)8(16-10(11)14)7-3-5-15-6-4-7/h7-8H,3-6H2,1-2H3,(H2,11,14)/t8-/m0/s1. The van der Waals surface area contributed by atoms with Gasteiger partial charge in [-0.15, -0.1) is 0 Å². The molecule has 0 radical (unpaired) electrons. The van der Waals surface area contributed by atoms with Crippen molar-refractivity contribution < 1.29 is 19.1 Å². The van der Waals surface area contributed by atoms with Crippen LogP contribution >= 0.6 is 0 Å². The van der Waals surface area contributed by atoms with Crippen molar-refractivity contribution in [3.63, 3.8) is 0 Å². The van der Waals surface area contributed by atoms with Crippen LogP contribution < -0.4 is 5.73 Å². The van der Waals surface area contributed by atoms with Gasteiger partial charge in [-0.25, -0.2) is 4.79 Å². The number of likely N-dealkylation sites (N-methyl/N-ethyl adjacent to an activating group) is 1. The lowest BCUT2D eigenvalue weighted by molar-refractivity contribution is -0.142. The van der Waals surface area contributed by atoms with Gasteiger partial charge in [0.15, 0.2) is 6.10 Å². The minimum Gasteiger partial charge on any atom is -0.436 e. The Morgan fingerprint density at radius 2 is 1.94 bits per heavy atom. The lowest BCUT2D eigenvalue weighted by Crippen LogP contribution is -2.44. The molecule has 0 aromatic rings. The van der Waals surface area contributed by atoms with Crippen LogP contribution in [0, 0.1) is 5.92 Å². The number of amides is 2. The number of rotatable bonds is 3. The molecular formula is C10H18N2O4. The van der Waals surface area contributed by atoms with E-state index in [2.05, 4.69) is 0 Å². The summed E-state index contributed by atoms with van der Waals surface area (Å²) in [6, 6.07) is 0. The molecule has 1 rings (SSSR count). The van der Waals surface area contributed by atoms with E-state index in [-0.39, 0.29) is 11.8 Å². The Labute approximate surface area is 94.7 Å². The van der Waals surface area contributed by atoms with Crippen LogP contribution in [-0.2, 0) is 14.3 Å². The van der Waals surface area contributed by atoms with Crippen LogP contribution in [0.5, 0.6) is 0 Å². The zero-order chi connectivity index (χ0) is 12.1. The maximum Gasteiger partial charge on any atom is 0.405 e. The number of hydrogen-bond acceptors (Lipinski definition) is 4. The number of carbonyl (C=O) groups is 2. The van der Waals surface area contributed by atoms with Crippen molar-refractivity contribution in [1.82, 2.24) is 4.90 Å². The molecule has 1 heterocycles. The summed E-state index contributed by atoms with van der Waals surface area (Å²) >= 11 is 0. The molecule has 1 atom stereocenters. The summed E-state index contributed by atoms with van der Waals surface area (Å²) in [4.78, 5) is 24.0. The minimum atomic E-state index is -0.910. The van der Waals surface area contributed by atoms with Gasteiger partial charge in [0.2, 0.25) is 0 Å². The van der Waals surface area contributed by atoms with E-state index in [4.69, 9.17) is 15.2 Å². The van der Waals surface area contributed by atoms with Gasteiger partial charge < -0.3 is 20.1 Å². The molecule has 0 aromatic heterocycles. The Bertz CT molecular complexity index is 262. The van der Waals surface area contributed by atoms with Crippen molar-refractivity contribution in [1.29, 1.82) is 0 Å².